The first-order valence-electron chi connectivity index (χ1n) is 16.1. The van der Waals surface area contributed by atoms with Crippen LogP contribution in [0.25, 0.3) is 0 Å². The van der Waals surface area contributed by atoms with Crippen LogP contribution < -0.4 is 0 Å². The van der Waals surface area contributed by atoms with Gasteiger partial charge < -0.3 is 47.4 Å². The molecule has 8 rings (SSSR count). The summed E-state index contributed by atoms with van der Waals surface area (Å²) in [5.74, 6) is -0.811. The molecule has 0 aliphatic carbocycles. The molecule has 5 saturated heterocycles. The fraction of sp³-hybridized carbons (Fsp3) is 0.500. The van der Waals surface area contributed by atoms with E-state index in [2.05, 4.69) is 0 Å². The van der Waals surface area contributed by atoms with Crippen LogP contribution in [-0.2, 0) is 60.6 Å². The van der Waals surface area contributed by atoms with Crippen LogP contribution in [0.5, 0.6) is 0 Å². The summed E-state index contributed by atoms with van der Waals surface area (Å²) < 4.78 is 64.6. The van der Waals surface area contributed by atoms with Gasteiger partial charge in [-0.2, -0.15) is 0 Å². The van der Waals surface area contributed by atoms with Crippen molar-refractivity contribution in [3.8, 4) is 0 Å². The Hall–Kier alpha value is -2.74. The van der Waals surface area contributed by atoms with E-state index < -0.39 is 67.4 Å². The van der Waals surface area contributed by atoms with Gasteiger partial charge in [-0.05, 0) is 25.0 Å². The largest absolute Gasteiger partial charge is 0.368 e. The number of fused-ring (bicyclic) bond motifs is 5. The second-order valence-electron chi connectivity index (χ2n) is 12.8. The van der Waals surface area contributed by atoms with E-state index in [1.807, 2.05) is 105 Å². The Morgan fingerprint density at radius 1 is 0.609 bits per heavy atom. The van der Waals surface area contributed by atoms with Gasteiger partial charge in [-0.15, -0.1) is 0 Å². The molecule has 0 radical (unpaired) electrons. The van der Waals surface area contributed by atoms with Gasteiger partial charge in [0.25, 0.3) is 0 Å². The summed E-state index contributed by atoms with van der Waals surface area (Å²) in [5, 5.41) is 0. The lowest BCUT2D eigenvalue weighted by atomic mass is 9.96. The van der Waals surface area contributed by atoms with Crippen molar-refractivity contribution in [1.82, 2.24) is 0 Å². The lowest BCUT2D eigenvalue weighted by Gasteiger charge is -2.50. The molecule has 10 heteroatoms. The van der Waals surface area contributed by atoms with E-state index in [4.69, 9.17) is 47.4 Å². The number of benzene rings is 3. The topological polar surface area (TPSA) is 92.3 Å². The van der Waals surface area contributed by atoms with Gasteiger partial charge in [-0.1, -0.05) is 91.0 Å². The molecule has 0 unspecified atom stereocenters. The van der Waals surface area contributed by atoms with Gasteiger partial charge in [-0.3, -0.25) is 0 Å². The zero-order valence-electron chi connectivity index (χ0n) is 25.9. The van der Waals surface area contributed by atoms with Crippen LogP contribution in [0.4, 0.5) is 0 Å². The Morgan fingerprint density at radius 3 is 1.91 bits per heavy atom. The molecule has 0 aromatic heterocycles. The molecular formula is C36H40O10. The predicted molar refractivity (Wildman–Crippen MR) is 162 cm³/mol. The van der Waals surface area contributed by atoms with Gasteiger partial charge in [0.15, 0.2) is 24.7 Å². The summed E-state index contributed by atoms with van der Waals surface area (Å²) in [7, 11) is 0. The first-order chi connectivity index (χ1) is 22.5. The molecule has 0 amide bonds. The Bertz CT molecular complexity index is 1420. The molecule has 3 aromatic rings. The Balaban J connectivity index is 1.11. The van der Waals surface area contributed by atoms with Gasteiger partial charge in [-0.25, -0.2) is 0 Å². The van der Waals surface area contributed by atoms with E-state index in [-0.39, 0.29) is 12.7 Å². The highest BCUT2D eigenvalue weighted by Crippen LogP contribution is 2.44. The molecule has 3 aromatic carbocycles. The minimum absolute atomic E-state index is 0.287. The molecule has 11 atom stereocenters. The first-order valence-corrected chi connectivity index (χ1v) is 16.1. The second kappa shape index (κ2) is 13.0. The third-order valence-corrected chi connectivity index (χ3v) is 9.07. The zero-order valence-corrected chi connectivity index (χ0v) is 25.9. The van der Waals surface area contributed by atoms with Crippen molar-refractivity contribution in [2.45, 2.75) is 101 Å². The Kier molecular flexibility index (Phi) is 8.67. The summed E-state index contributed by atoms with van der Waals surface area (Å²) in [6.45, 7) is 5.10. The standard InChI is InChI=1S/C36H40O10/c1-36(2)45-30-28(26-21-40-34(41-26)32(30)46-36)44-35-31(38-19-23-14-8-4-9-15-23)29(37-18-22-12-6-3-7-13-22)27-25(42-35)20-39-33(43-27)24-16-10-5-11-17-24/h3-17,25-35H,18-21H2,1-2H3/t25-,26-,27-,28-,29+,30+,31+,32+,33-,34-,35+/m1/s1. The fourth-order valence-corrected chi connectivity index (χ4v) is 6.93. The molecule has 2 bridgehead atoms. The van der Waals surface area contributed by atoms with E-state index in [0.717, 1.165) is 16.7 Å². The molecule has 244 valence electrons. The van der Waals surface area contributed by atoms with Crippen molar-refractivity contribution in [3.05, 3.63) is 108 Å². The van der Waals surface area contributed by atoms with E-state index in [1.54, 1.807) is 0 Å². The minimum Gasteiger partial charge on any atom is -0.368 e. The van der Waals surface area contributed by atoms with Crippen LogP contribution in [0.2, 0.25) is 0 Å². The van der Waals surface area contributed by atoms with Gasteiger partial charge in [0, 0.05) is 5.56 Å². The zero-order chi connectivity index (χ0) is 31.1. The molecule has 5 aliphatic rings. The summed E-state index contributed by atoms with van der Waals surface area (Å²) in [5.41, 5.74) is 2.97. The lowest BCUT2D eigenvalue weighted by Crippen LogP contribution is -2.65. The first kappa shape index (κ1) is 30.6. The van der Waals surface area contributed by atoms with Crippen LogP contribution in [0.15, 0.2) is 91.0 Å². The SMILES string of the molecule is CC1(C)O[C@@H]2[C@H](O1)[C@@H]1OC[C@@H](O1)[C@H]2O[C@@H]1O[C@@H]2CO[C@@H](c3ccccc3)O[C@H]2[C@H](OCc2ccccc2)[C@@H]1OCc1ccccc1. The average molecular weight is 633 g/mol. The molecule has 46 heavy (non-hydrogen) atoms. The van der Waals surface area contributed by atoms with Crippen LogP contribution >= 0.6 is 0 Å². The molecule has 5 heterocycles. The molecular weight excluding hydrogens is 592 g/mol. The third kappa shape index (κ3) is 6.27. The number of hydrogen-bond donors (Lipinski definition) is 0. The molecule has 10 nitrogen and oxygen atoms in total. The van der Waals surface area contributed by atoms with Crippen LogP contribution in [0.3, 0.4) is 0 Å². The van der Waals surface area contributed by atoms with Gasteiger partial charge >= 0.3 is 0 Å². The van der Waals surface area contributed by atoms with Crippen molar-refractivity contribution < 1.29 is 47.4 Å². The third-order valence-electron chi connectivity index (χ3n) is 9.07. The number of ether oxygens (including phenoxy) is 10. The Labute approximate surface area is 268 Å². The van der Waals surface area contributed by atoms with Crippen molar-refractivity contribution in [3.63, 3.8) is 0 Å². The fourth-order valence-electron chi connectivity index (χ4n) is 6.93. The maximum absolute atomic E-state index is 6.87. The van der Waals surface area contributed by atoms with E-state index >= 15 is 0 Å². The maximum atomic E-state index is 6.87. The van der Waals surface area contributed by atoms with Crippen LogP contribution in [0, 0.1) is 0 Å². The molecule has 0 spiro atoms. The molecule has 5 fully saturated rings. The molecule has 0 N–H and O–H groups in total. The maximum Gasteiger partial charge on any atom is 0.187 e. The van der Waals surface area contributed by atoms with Gasteiger partial charge in [0.1, 0.15) is 48.8 Å². The second-order valence-corrected chi connectivity index (χ2v) is 12.8. The summed E-state index contributed by atoms with van der Waals surface area (Å²) in [6.07, 6.45) is -5.89. The lowest BCUT2D eigenvalue weighted by molar-refractivity contribution is -0.384. The van der Waals surface area contributed by atoms with Crippen LogP contribution in [-0.4, -0.2) is 80.4 Å². The normalized spacial score (nSPS) is 37.8. The Morgan fingerprint density at radius 2 is 1.22 bits per heavy atom. The van der Waals surface area contributed by atoms with Crippen LogP contribution in [0.1, 0.15) is 36.8 Å². The summed E-state index contributed by atoms with van der Waals surface area (Å²) in [6, 6.07) is 30.0. The van der Waals surface area contributed by atoms with Gasteiger partial charge in [0.2, 0.25) is 0 Å². The monoisotopic (exact) mass is 632 g/mol. The van der Waals surface area contributed by atoms with Crippen molar-refractivity contribution in [1.29, 1.82) is 0 Å². The van der Waals surface area contributed by atoms with Crippen molar-refractivity contribution in [2.75, 3.05) is 13.2 Å². The summed E-state index contributed by atoms with van der Waals surface area (Å²) >= 11 is 0. The number of hydrogen-bond acceptors (Lipinski definition) is 10. The average Bonchev–Trinajstić information content (AvgIpc) is 3.68. The predicted octanol–water partition coefficient (Wildman–Crippen LogP) is 4.66. The van der Waals surface area contributed by atoms with Crippen molar-refractivity contribution in [2.24, 2.45) is 0 Å². The smallest absolute Gasteiger partial charge is 0.187 e. The highest BCUT2D eigenvalue weighted by molar-refractivity contribution is 5.18. The van der Waals surface area contributed by atoms with E-state index in [1.165, 1.54) is 0 Å². The van der Waals surface area contributed by atoms with Crippen molar-refractivity contribution >= 4 is 0 Å². The highest BCUT2D eigenvalue weighted by Gasteiger charge is 2.61. The van der Waals surface area contributed by atoms with Gasteiger partial charge in [0.05, 0.1) is 26.4 Å². The van der Waals surface area contributed by atoms with E-state index in [9.17, 15) is 0 Å². The highest BCUT2D eigenvalue weighted by atomic mass is 16.8. The molecule has 0 saturated carbocycles. The minimum atomic E-state index is -0.857. The summed E-state index contributed by atoms with van der Waals surface area (Å²) in [4.78, 5) is 0. The van der Waals surface area contributed by atoms with E-state index in [0.29, 0.717) is 19.8 Å². The molecule has 5 aliphatic heterocycles. The number of rotatable bonds is 9. The quantitative estimate of drug-likeness (QED) is 0.332.